The minimum Gasteiger partial charge on any atom is -0.204 e. The molecule has 0 aliphatic heterocycles. The first kappa shape index (κ1) is 14.2. The van der Waals surface area contributed by atoms with Gasteiger partial charge in [0.2, 0.25) is 0 Å². The van der Waals surface area contributed by atoms with Crippen molar-refractivity contribution >= 4 is 13.3 Å². The molecule has 92 valence electrons. The number of hydrogen-bond donors (Lipinski definition) is 0. The van der Waals surface area contributed by atoms with Crippen LogP contribution in [0.2, 0.25) is 0 Å². The zero-order valence-corrected chi connectivity index (χ0v) is 10.6. The number of hydrogen-bond acceptors (Lipinski definition) is 0. The lowest BCUT2D eigenvalue weighted by Crippen LogP contribution is -2.13. The molecule has 0 aliphatic rings. The second-order valence-corrected chi connectivity index (χ2v) is 4.73. The summed E-state index contributed by atoms with van der Waals surface area (Å²) in [4.78, 5) is 0. The van der Waals surface area contributed by atoms with Gasteiger partial charge in [-0.1, -0.05) is 50.7 Å². The first-order chi connectivity index (χ1) is 8.06. The normalized spacial score (nSPS) is 12.7. The number of rotatable bonds is 6. The molecule has 0 N–H and O–H groups in total. The third kappa shape index (κ3) is 4.14. The molecule has 1 atom stereocenters. The van der Waals surface area contributed by atoms with Gasteiger partial charge in [0, 0.05) is 0 Å². The Hall–Kier alpha value is -0.855. The minimum atomic E-state index is -0.913. The molecule has 1 unspecified atom stereocenters. The topological polar surface area (TPSA) is 0 Å². The van der Waals surface area contributed by atoms with E-state index >= 15 is 0 Å². The molecule has 2 radical (unpaired) electrons. The van der Waals surface area contributed by atoms with Gasteiger partial charge in [0.15, 0.2) is 11.6 Å². The predicted octanol–water partition coefficient (Wildman–Crippen LogP) is 3.52. The maximum absolute atomic E-state index is 13.5. The molecular formula is C14H19BF2. The fourth-order valence-corrected chi connectivity index (χ4v) is 1.90. The highest BCUT2D eigenvalue weighted by Crippen LogP contribution is 2.17. The molecular weight excluding hydrogens is 217 g/mol. The van der Waals surface area contributed by atoms with E-state index in [9.17, 15) is 8.78 Å². The van der Waals surface area contributed by atoms with E-state index in [4.69, 9.17) is 7.85 Å². The van der Waals surface area contributed by atoms with E-state index < -0.39 is 11.6 Å². The Bertz CT molecular complexity index is 363. The van der Waals surface area contributed by atoms with E-state index in [1.807, 2.05) is 0 Å². The summed E-state index contributed by atoms with van der Waals surface area (Å²) < 4.78 is 26.7. The second kappa shape index (κ2) is 6.78. The van der Waals surface area contributed by atoms with Crippen molar-refractivity contribution in [1.82, 2.24) is 0 Å². The van der Waals surface area contributed by atoms with Crippen LogP contribution in [0.4, 0.5) is 8.78 Å². The number of aryl methyl sites for hydroxylation is 1. The molecule has 0 aliphatic carbocycles. The summed E-state index contributed by atoms with van der Waals surface area (Å²) in [7, 11) is 5.30. The molecule has 1 rings (SSSR count). The van der Waals surface area contributed by atoms with Gasteiger partial charge in [-0.2, -0.15) is 0 Å². The summed E-state index contributed by atoms with van der Waals surface area (Å²) in [5.41, 5.74) is 0.310. The van der Waals surface area contributed by atoms with Crippen molar-refractivity contribution in [2.45, 2.75) is 46.0 Å². The van der Waals surface area contributed by atoms with Crippen molar-refractivity contribution in [2.75, 3.05) is 0 Å². The van der Waals surface area contributed by atoms with Crippen LogP contribution >= 0.6 is 0 Å². The Morgan fingerprint density at radius 3 is 2.53 bits per heavy atom. The molecule has 17 heavy (non-hydrogen) atoms. The average Bonchev–Trinajstić information content (AvgIpc) is 2.32. The molecule has 0 aromatic heterocycles. The van der Waals surface area contributed by atoms with Crippen LogP contribution in [0.5, 0.6) is 0 Å². The second-order valence-electron chi connectivity index (χ2n) is 4.73. The summed E-state index contributed by atoms with van der Waals surface area (Å²) in [6.07, 6.45) is 4.98. The van der Waals surface area contributed by atoms with Crippen LogP contribution in [0.25, 0.3) is 0 Å². The molecule has 0 nitrogen and oxygen atoms in total. The van der Waals surface area contributed by atoms with Gasteiger partial charge in [-0.15, -0.1) is 0 Å². The van der Waals surface area contributed by atoms with Crippen molar-refractivity contribution in [3.63, 3.8) is 0 Å². The third-order valence-corrected chi connectivity index (χ3v) is 3.15. The van der Waals surface area contributed by atoms with Gasteiger partial charge >= 0.3 is 0 Å². The van der Waals surface area contributed by atoms with Gasteiger partial charge in [0.25, 0.3) is 0 Å². The maximum atomic E-state index is 13.5. The van der Waals surface area contributed by atoms with E-state index in [1.54, 1.807) is 6.07 Å². The van der Waals surface area contributed by atoms with Crippen LogP contribution in [0, 0.1) is 17.6 Å². The Morgan fingerprint density at radius 2 is 1.88 bits per heavy atom. The quantitative estimate of drug-likeness (QED) is 0.663. The van der Waals surface area contributed by atoms with Gasteiger partial charge in [-0.3, -0.25) is 0 Å². The SMILES string of the molecule is [B]c1ccc(CCC(C)CCCC)c(F)c1F. The van der Waals surface area contributed by atoms with Crippen molar-refractivity contribution in [2.24, 2.45) is 5.92 Å². The summed E-state index contributed by atoms with van der Waals surface area (Å²) in [6, 6.07) is 3.02. The van der Waals surface area contributed by atoms with Crippen LogP contribution in [-0.4, -0.2) is 7.85 Å². The molecule has 0 heterocycles. The van der Waals surface area contributed by atoms with Crippen molar-refractivity contribution < 1.29 is 8.78 Å². The number of benzene rings is 1. The van der Waals surface area contributed by atoms with Gasteiger partial charge in [-0.25, -0.2) is 8.78 Å². The van der Waals surface area contributed by atoms with Gasteiger partial charge in [-0.05, 0) is 24.3 Å². The maximum Gasteiger partial charge on any atom is 0.161 e. The van der Waals surface area contributed by atoms with Crippen LogP contribution in [0.3, 0.4) is 0 Å². The monoisotopic (exact) mass is 236 g/mol. The van der Waals surface area contributed by atoms with E-state index in [-0.39, 0.29) is 5.46 Å². The molecule has 0 amide bonds. The Kier molecular flexibility index (Phi) is 5.66. The number of halogens is 2. The van der Waals surface area contributed by atoms with Crippen LogP contribution in [0.15, 0.2) is 12.1 Å². The molecule has 3 heteroatoms. The van der Waals surface area contributed by atoms with Gasteiger partial charge < -0.3 is 0 Å². The summed E-state index contributed by atoms with van der Waals surface area (Å²) >= 11 is 0. The smallest absolute Gasteiger partial charge is 0.161 e. The van der Waals surface area contributed by atoms with E-state index in [2.05, 4.69) is 13.8 Å². The predicted molar refractivity (Wildman–Crippen MR) is 68.8 cm³/mol. The number of unbranched alkanes of at least 4 members (excludes halogenated alkanes) is 1. The Morgan fingerprint density at radius 1 is 1.18 bits per heavy atom. The van der Waals surface area contributed by atoms with Crippen molar-refractivity contribution in [3.05, 3.63) is 29.3 Å². The van der Waals surface area contributed by atoms with Crippen LogP contribution in [-0.2, 0) is 6.42 Å². The minimum absolute atomic E-state index is 0.120. The Balaban J connectivity index is 2.55. The highest BCUT2D eigenvalue weighted by atomic mass is 19.2. The lowest BCUT2D eigenvalue weighted by molar-refractivity contribution is 0.458. The lowest BCUT2D eigenvalue weighted by Gasteiger charge is -2.11. The molecule has 0 saturated heterocycles. The van der Waals surface area contributed by atoms with E-state index in [0.29, 0.717) is 17.9 Å². The molecule has 1 aromatic carbocycles. The fraction of sp³-hybridized carbons (Fsp3) is 0.571. The van der Waals surface area contributed by atoms with Crippen LogP contribution < -0.4 is 5.46 Å². The molecule has 0 bridgehead atoms. The largest absolute Gasteiger partial charge is 0.204 e. The van der Waals surface area contributed by atoms with E-state index in [1.165, 1.54) is 18.9 Å². The van der Waals surface area contributed by atoms with Crippen molar-refractivity contribution in [1.29, 1.82) is 0 Å². The first-order valence-electron chi connectivity index (χ1n) is 6.28. The Labute approximate surface area is 104 Å². The molecule has 0 spiro atoms. The molecule has 1 aromatic rings. The molecule has 0 fully saturated rings. The average molecular weight is 236 g/mol. The highest BCUT2D eigenvalue weighted by molar-refractivity contribution is 6.32. The third-order valence-electron chi connectivity index (χ3n) is 3.15. The van der Waals surface area contributed by atoms with Gasteiger partial charge in [0.05, 0.1) is 0 Å². The standard InChI is InChI=1S/C14H19BF2/c1-3-4-5-10(2)6-7-11-8-9-12(15)14(17)13(11)16/h8-10H,3-7H2,1-2H3. The summed E-state index contributed by atoms with van der Waals surface area (Å²) in [5.74, 6) is -1.15. The lowest BCUT2D eigenvalue weighted by atomic mass is 9.91. The van der Waals surface area contributed by atoms with Gasteiger partial charge in [0.1, 0.15) is 7.85 Å². The zero-order chi connectivity index (χ0) is 12.8. The summed E-state index contributed by atoms with van der Waals surface area (Å²) in [6.45, 7) is 4.31. The van der Waals surface area contributed by atoms with Crippen LogP contribution in [0.1, 0.15) is 45.1 Å². The molecule has 0 saturated carbocycles. The zero-order valence-electron chi connectivity index (χ0n) is 10.6. The van der Waals surface area contributed by atoms with Crippen molar-refractivity contribution in [3.8, 4) is 0 Å². The summed E-state index contributed by atoms with van der Waals surface area (Å²) in [5, 5.41) is 0. The first-order valence-corrected chi connectivity index (χ1v) is 6.28. The fourth-order valence-electron chi connectivity index (χ4n) is 1.90. The van der Waals surface area contributed by atoms with E-state index in [0.717, 1.165) is 12.8 Å². The highest BCUT2D eigenvalue weighted by Gasteiger charge is 2.11.